The second kappa shape index (κ2) is 4.61. The van der Waals surface area contributed by atoms with Gasteiger partial charge in [-0.1, -0.05) is 6.07 Å². The number of hydrogen-bond donors (Lipinski definition) is 2. The Morgan fingerprint density at radius 3 is 2.88 bits per heavy atom. The Morgan fingerprint density at radius 2 is 2.31 bits per heavy atom. The molecule has 0 radical (unpaired) electrons. The van der Waals surface area contributed by atoms with Gasteiger partial charge in [0.15, 0.2) is 0 Å². The van der Waals surface area contributed by atoms with Crippen LogP contribution in [0.4, 0.5) is 0 Å². The van der Waals surface area contributed by atoms with Crippen molar-refractivity contribution in [1.82, 2.24) is 10.3 Å². The Morgan fingerprint density at radius 1 is 1.50 bits per heavy atom. The smallest absolute Gasteiger partial charge is 0.221 e. The predicted octanol–water partition coefficient (Wildman–Crippen LogP) is 0.578. The molecule has 4 heteroatoms. The number of hydrogen-bond acceptors (Lipinski definition) is 3. The maximum atomic E-state index is 11.3. The fraction of sp³-hybridized carbons (Fsp3) is 0.500. The van der Waals surface area contributed by atoms with E-state index in [2.05, 4.69) is 10.3 Å². The minimum absolute atomic E-state index is 0.0321. The fourth-order valence-electron chi connectivity index (χ4n) is 1.84. The third-order valence-electron chi connectivity index (χ3n) is 3.06. The van der Waals surface area contributed by atoms with Gasteiger partial charge in [-0.05, 0) is 25.0 Å². The van der Waals surface area contributed by atoms with Gasteiger partial charge in [0, 0.05) is 36.8 Å². The van der Waals surface area contributed by atoms with Crippen molar-refractivity contribution in [2.24, 2.45) is 5.73 Å². The van der Waals surface area contributed by atoms with Crippen molar-refractivity contribution in [3.05, 3.63) is 30.1 Å². The Labute approximate surface area is 95.3 Å². The highest BCUT2D eigenvalue weighted by molar-refractivity contribution is 5.76. The first kappa shape index (κ1) is 11.1. The standard InChI is InChI=1S/C12H17N3O/c13-7-4-11(16)15-9-12(5-6-12)10-3-1-2-8-14-10/h1-3,8H,4-7,9,13H2,(H,15,16). The van der Waals surface area contributed by atoms with Gasteiger partial charge in [-0.2, -0.15) is 0 Å². The topological polar surface area (TPSA) is 68.0 Å². The Hall–Kier alpha value is -1.42. The van der Waals surface area contributed by atoms with Crippen LogP contribution in [0.3, 0.4) is 0 Å². The van der Waals surface area contributed by atoms with E-state index in [4.69, 9.17) is 5.73 Å². The van der Waals surface area contributed by atoms with Crippen LogP contribution in [0.1, 0.15) is 25.0 Å². The Kier molecular flexibility index (Phi) is 3.19. The molecule has 0 unspecified atom stereocenters. The van der Waals surface area contributed by atoms with Gasteiger partial charge in [0.05, 0.1) is 0 Å². The molecular weight excluding hydrogens is 202 g/mol. The molecule has 1 amide bonds. The van der Waals surface area contributed by atoms with Gasteiger partial charge in [0.2, 0.25) is 5.91 Å². The lowest BCUT2D eigenvalue weighted by Gasteiger charge is -2.15. The van der Waals surface area contributed by atoms with Crippen molar-refractivity contribution in [2.75, 3.05) is 13.1 Å². The third-order valence-corrected chi connectivity index (χ3v) is 3.06. The van der Waals surface area contributed by atoms with Crippen molar-refractivity contribution in [2.45, 2.75) is 24.7 Å². The molecule has 2 rings (SSSR count). The van der Waals surface area contributed by atoms with E-state index >= 15 is 0 Å². The highest BCUT2D eigenvalue weighted by atomic mass is 16.1. The zero-order valence-corrected chi connectivity index (χ0v) is 9.28. The molecule has 0 bridgehead atoms. The number of amides is 1. The first-order valence-corrected chi connectivity index (χ1v) is 5.65. The highest BCUT2D eigenvalue weighted by Gasteiger charge is 2.45. The molecule has 1 aliphatic carbocycles. The van der Waals surface area contributed by atoms with Crippen LogP contribution in [-0.4, -0.2) is 24.0 Å². The third kappa shape index (κ3) is 2.39. The molecule has 16 heavy (non-hydrogen) atoms. The zero-order chi connectivity index (χ0) is 11.4. The minimum Gasteiger partial charge on any atom is -0.355 e. The van der Waals surface area contributed by atoms with Gasteiger partial charge in [-0.15, -0.1) is 0 Å². The van der Waals surface area contributed by atoms with Crippen LogP contribution in [0.5, 0.6) is 0 Å². The second-order valence-electron chi connectivity index (χ2n) is 4.31. The second-order valence-corrected chi connectivity index (χ2v) is 4.31. The molecule has 0 spiro atoms. The van der Waals surface area contributed by atoms with Crippen molar-refractivity contribution in [3.63, 3.8) is 0 Å². The van der Waals surface area contributed by atoms with Crippen LogP contribution in [0.15, 0.2) is 24.4 Å². The average molecular weight is 219 g/mol. The molecule has 1 aliphatic rings. The van der Waals surface area contributed by atoms with E-state index in [0.29, 0.717) is 19.5 Å². The number of carbonyl (C=O) groups excluding carboxylic acids is 1. The summed E-state index contributed by atoms with van der Waals surface area (Å²) in [6, 6.07) is 5.93. The fourth-order valence-corrected chi connectivity index (χ4v) is 1.84. The van der Waals surface area contributed by atoms with E-state index in [1.54, 1.807) is 6.20 Å². The summed E-state index contributed by atoms with van der Waals surface area (Å²) in [5.74, 6) is 0.0321. The van der Waals surface area contributed by atoms with Crippen LogP contribution >= 0.6 is 0 Å². The van der Waals surface area contributed by atoms with E-state index in [-0.39, 0.29) is 11.3 Å². The molecule has 1 saturated carbocycles. The van der Waals surface area contributed by atoms with Crippen LogP contribution in [0.2, 0.25) is 0 Å². The van der Waals surface area contributed by atoms with Gasteiger partial charge < -0.3 is 11.1 Å². The van der Waals surface area contributed by atoms with Crippen LogP contribution < -0.4 is 11.1 Å². The zero-order valence-electron chi connectivity index (χ0n) is 9.28. The highest BCUT2D eigenvalue weighted by Crippen LogP contribution is 2.46. The van der Waals surface area contributed by atoms with Crippen LogP contribution in [0, 0.1) is 0 Å². The summed E-state index contributed by atoms with van der Waals surface area (Å²) in [6.07, 6.45) is 4.41. The van der Waals surface area contributed by atoms with Gasteiger partial charge in [0.25, 0.3) is 0 Å². The largest absolute Gasteiger partial charge is 0.355 e. The molecule has 0 atom stereocenters. The summed E-state index contributed by atoms with van der Waals surface area (Å²) in [5.41, 5.74) is 6.50. The maximum absolute atomic E-state index is 11.3. The molecule has 1 aromatic rings. The van der Waals surface area contributed by atoms with Crippen molar-refractivity contribution < 1.29 is 4.79 Å². The molecule has 4 nitrogen and oxygen atoms in total. The van der Waals surface area contributed by atoms with E-state index in [9.17, 15) is 4.79 Å². The number of carbonyl (C=O) groups is 1. The van der Waals surface area contributed by atoms with Crippen molar-refractivity contribution in [3.8, 4) is 0 Å². The number of aromatic nitrogens is 1. The molecule has 0 aliphatic heterocycles. The lowest BCUT2D eigenvalue weighted by atomic mass is 10.0. The van der Waals surface area contributed by atoms with Crippen LogP contribution in [-0.2, 0) is 10.2 Å². The average Bonchev–Trinajstić information content (AvgIpc) is 3.09. The van der Waals surface area contributed by atoms with Crippen molar-refractivity contribution >= 4 is 5.91 Å². The summed E-state index contributed by atoms with van der Waals surface area (Å²) in [4.78, 5) is 15.7. The number of nitrogens with one attached hydrogen (secondary N) is 1. The summed E-state index contributed by atoms with van der Waals surface area (Å²) < 4.78 is 0. The van der Waals surface area contributed by atoms with Gasteiger partial charge in [-0.3, -0.25) is 9.78 Å². The van der Waals surface area contributed by atoms with E-state index in [1.165, 1.54) is 0 Å². The molecule has 1 heterocycles. The first-order chi connectivity index (χ1) is 7.77. The number of pyridine rings is 1. The molecule has 3 N–H and O–H groups in total. The van der Waals surface area contributed by atoms with E-state index < -0.39 is 0 Å². The summed E-state index contributed by atoms with van der Waals surface area (Å²) in [6.45, 7) is 1.09. The lowest BCUT2D eigenvalue weighted by molar-refractivity contribution is -0.121. The van der Waals surface area contributed by atoms with Crippen molar-refractivity contribution in [1.29, 1.82) is 0 Å². The minimum atomic E-state index is 0.0321. The molecular formula is C12H17N3O. The summed E-state index contributed by atoms with van der Waals surface area (Å²) in [7, 11) is 0. The Balaban J connectivity index is 1.92. The monoisotopic (exact) mass is 219 g/mol. The SMILES string of the molecule is NCCC(=O)NCC1(c2ccccn2)CC1. The van der Waals surface area contributed by atoms with Gasteiger partial charge in [0.1, 0.15) is 0 Å². The number of nitrogens with two attached hydrogens (primary N) is 1. The molecule has 86 valence electrons. The number of rotatable bonds is 5. The van der Waals surface area contributed by atoms with E-state index in [1.807, 2.05) is 18.2 Å². The summed E-state index contributed by atoms with van der Waals surface area (Å²) >= 11 is 0. The molecule has 1 fully saturated rings. The quantitative estimate of drug-likeness (QED) is 0.761. The van der Waals surface area contributed by atoms with E-state index in [0.717, 1.165) is 18.5 Å². The molecule has 0 aromatic carbocycles. The Bertz CT molecular complexity index is 360. The molecule has 0 saturated heterocycles. The predicted molar refractivity (Wildman–Crippen MR) is 61.8 cm³/mol. The normalized spacial score (nSPS) is 16.8. The number of nitrogens with zero attached hydrogens (tertiary/aromatic N) is 1. The summed E-state index contributed by atoms with van der Waals surface area (Å²) in [5, 5.41) is 2.93. The lowest BCUT2D eigenvalue weighted by Crippen LogP contribution is -2.33. The van der Waals surface area contributed by atoms with Crippen LogP contribution in [0.25, 0.3) is 0 Å². The first-order valence-electron chi connectivity index (χ1n) is 5.65. The maximum Gasteiger partial charge on any atom is 0.221 e. The van der Waals surface area contributed by atoms with Gasteiger partial charge >= 0.3 is 0 Å². The molecule has 1 aromatic heterocycles. The van der Waals surface area contributed by atoms with Gasteiger partial charge in [-0.25, -0.2) is 0 Å².